The van der Waals surface area contributed by atoms with Crippen LogP contribution in [0.1, 0.15) is 30.5 Å². The Balaban J connectivity index is 1.86. The van der Waals surface area contributed by atoms with Crippen LogP contribution in [-0.2, 0) is 16.4 Å². The van der Waals surface area contributed by atoms with Crippen molar-refractivity contribution in [1.82, 2.24) is 4.72 Å². The Morgan fingerprint density at radius 1 is 1.14 bits per heavy atom. The molecule has 0 amide bonds. The van der Waals surface area contributed by atoms with Gasteiger partial charge in [0.1, 0.15) is 0 Å². The SMILES string of the molecule is CCc1ccc(S(=O)(=O)N[C@@H]2CCSc3ccccc32)cc1. The van der Waals surface area contributed by atoms with E-state index in [1.165, 1.54) is 4.90 Å². The van der Waals surface area contributed by atoms with Crippen LogP contribution in [0.2, 0.25) is 0 Å². The van der Waals surface area contributed by atoms with Gasteiger partial charge in [-0.2, -0.15) is 0 Å². The predicted octanol–water partition coefficient (Wildman–Crippen LogP) is 3.76. The maximum Gasteiger partial charge on any atom is 0.241 e. The van der Waals surface area contributed by atoms with Gasteiger partial charge in [-0.15, -0.1) is 11.8 Å². The van der Waals surface area contributed by atoms with E-state index in [-0.39, 0.29) is 6.04 Å². The fraction of sp³-hybridized carbons (Fsp3) is 0.294. The van der Waals surface area contributed by atoms with Gasteiger partial charge in [0.2, 0.25) is 10.0 Å². The first-order chi connectivity index (χ1) is 10.6. The van der Waals surface area contributed by atoms with E-state index in [1.807, 2.05) is 30.3 Å². The molecule has 2 aromatic rings. The molecule has 0 bridgehead atoms. The summed E-state index contributed by atoms with van der Waals surface area (Å²) in [7, 11) is -3.49. The summed E-state index contributed by atoms with van der Waals surface area (Å²) in [5.41, 5.74) is 2.21. The molecule has 0 radical (unpaired) electrons. The van der Waals surface area contributed by atoms with Crippen LogP contribution in [0.4, 0.5) is 0 Å². The molecule has 0 unspecified atom stereocenters. The highest BCUT2D eigenvalue weighted by Gasteiger charge is 2.25. The Bertz CT molecular complexity index is 754. The molecular formula is C17H19NO2S2. The van der Waals surface area contributed by atoms with E-state index >= 15 is 0 Å². The van der Waals surface area contributed by atoms with E-state index in [1.54, 1.807) is 23.9 Å². The lowest BCUT2D eigenvalue weighted by molar-refractivity contribution is 0.546. The molecule has 1 atom stereocenters. The first-order valence-electron chi connectivity index (χ1n) is 7.43. The fourth-order valence-corrected chi connectivity index (χ4v) is 5.00. The molecular weight excluding hydrogens is 314 g/mol. The zero-order valence-electron chi connectivity index (χ0n) is 12.5. The number of nitrogens with one attached hydrogen (secondary N) is 1. The molecule has 0 spiro atoms. The molecule has 116 valence electrons. The van der Waals surface area contributed by atoms with Crippen molar-refractivity contribution in [3.63, 3.8) is 0 Å². The number of hydrogen-bond donors (Lipinski definition) is 1. The van der Waals surface area contributed by atoms with E-state index in [2.05, 4.69) is 17.7 Å². The van der Waals surface area contributed by atoms with E-state index in [9.17, 15) is 8.42 Å². The molecule has 1 aliphatic rings. The molecule has 0 fully saturated rings. The number of thioether (sulfide) groups is 1. The normalized spacial score (nSPS) is 18.0. The minimum Gasteiger partial charge on any atom is -0.207 e. The van der Waals surface area contributed by atoms with Crippen LogP contribution in [0.15, 0.2) is 58.3 Å². The molecule has 3 nitrogen and oxygen atoms in total. The maximum atomic E-state index is 12.6. The van der Waals surface area contributed by atoms with Gasteiger partial charge in [-0.25, -0.2) is 13.1 Å². The Labute approximate surface area is 136 Å². The highest BCUT2D eigenvalue weighted by Crippen LogP contribution is 2.36. The first kappa shape index (κ1) is 15.6. The van der Waals surface area contributed by atoms with Crippen molar-refractivity contribution >= 4 is 21.8 Å². The number of benzene rings is 2. The van der Waals surface area contributed by atoms with E-state index in [4.69, 9.17) is 0 Å². The number of rotatable bonds is 4. The van der Waals surface area contributed by atoms with Crippen LogP contribution in [0.5, 0.6) is 0 Å². The van der Waals surface area contributed by atoms with Crippen LogP contribution in [0.3, 0.4) is 0 Å². The minimum absolute atomic E-state index is 0.145. The molecule has 0 saturated heterocycles. The van der Waals surface area contributed by atoms with Crippen LogP contribution in [-0.4, -0.2) is 14.2 Å². The van der Waals surface area contributed by atoms with Gasteiger partial charge in [-0.05, 0) is 47.9 Å². The van der Waals surface area contributed by atoms with Crippen molar-refractivity contribution in [2.24, 2.45) is 0 Å². The fourth-order valence-electron chi connectivity index (χ4n) is 2.62. The minimum atomic E-state index is -3.49. The van der Waals surface area contributed by atoms with E-state index in [0.717, 1.165) is 29.7 Å². The van der Waals surface area contributed by atoms with Gasteiger partial charge in [0.05, 0.1) is 4.90 Å². The van der Waals surface area contributed by atoms with Gasteiger partial charge < -0.3 is 0 Å². The van der Waals surface area contributed by atoms with Crippen LogP contribution >= 0.6 is 11.8 Å². The van der Waals surface area contributed by atoms with Gasteiger partial charge in [0.25, 0.3) is 0 Å². The van der Waals surface area contributed by atoms with Gasteiger partial charge >= 0.3 is 0 Å². The van der Waals surface area contributed by atoms with Gasteiger partial charge in [0.15, 0.2) is 0 Å². The molecule has 22 heavy (non-hydrogen) atoms. The second-order valence-corrected chi connectivity index (χ2v) is 8.20. The number of sulfonamides is 1. The summed E-state index contributed by atoms with van der Waals surface area (Å²) in [6.45, 7) is 2.05. The topological polar surface area (TPSA) is 46.2 Å². The molecule has 0 aromatic heterocycles. The van der Waals surface area contributed by atoms with Gasteiger partial charge in [-0.3, -0.25) is 0 Å². The summed E-state index contributed by atoms with van der Waals surface area (Å²) in [5.74, 6) is 0.930. The lowest BCUT2D eigenvalue weighted by atomic mass is 10.1. The van der Waals surface area contributed by atoms with Crippen molar-refractivity contribution in [2.75, 3.05) is 5.75 Å². The Morgan fingerprint density at radius 3 is 2.59 bits per heavy atom. The largest absolute Gasteiger partial charge is 0.241 e. The molecule has 1 heterocycles. The summed E-state index contributed by atoms with van der Waals surface area (Å²) in [6.07, 6.45) is 1.72. The summed E-state index contributed by atoms with van der Waals surface area (Å²) >= 11 is 1.78. The Kier molecular flexibility index (Phi) is 4.57. The standard InChI is InChI=1S/C17H19NO2S2/c1-2-13-7-9-14(10-8-13)22(19,20)18-16-11-12-21-17-6-4-3-5-15(16)17/h3-10,16,18H,2,11-12H2,1H3/t16-/m1/s1. The third-order valence-corrected chi connectivity index (χ3v) is 6.51. The average Bonchev–Trinajstić information content (AvgIpc) is 2.55. The lowest BCUT2D eigenvalue weighted by Gasteiger charge is -2.25. The second kappa shape index (κ2) is 6.44. The third-order valence-electron chi connectivity index (χ3n) is 3.90. The van der Waals surface area contributed by atoms with Crippen LogP contribution in [0, 0.1) is 0 Å². The van der Waals surface area contributed by atoms with Crippen LogP contribution < -0.4 is 4.72 Å². The number of hydrogen-bond acceptors (Lipinski definition) is 3. The van der Waals surface area contributed by atoms with Crippen molar-refractivity contribution in [3.8, 4) is 0 Å². The van der Waals surface area contributed by atoms with Crippen molar-refractivity contribution in [3.05, 3.63) is 59.7 Å². The number of aryl methyl sites for hydroxylation is 1. The maximum absolute atomic E-state index is 12.6. The molecule has 5 heteroatoms. The highest BCUT2D eigenvalue weighted by molar-refractivity contribution is 7.99. The second-order valence-electron chi connectivity index (χ2n) is 5.35. The van der Waals surface area contributed by atoms with Crippen molar-refractivity contribution < 1.29 is 8.42 Å². The van der Waals surface area contributed by atoms with Gasteiger partial charge in [-0.1, -0.05) is 37.3 Å². The summed E-state index contributed by atoms with van der Waals surface area (Å²) in [5, 5.41) is 0. The van der Waals surface area contributed by atoms with E-state index in [0.29, 0.717) is 4.90 Å². The first-order valence-corrected chi connectivity index (χ1v) is 9.90. The highest BCUT2D eigenvalue weighted by atomic mass is 32.2. The quantitative estimate of drug-likeness (QED) is 0.926. The zero-order chi connectivity index (χ0) is 15.6. The summed E-state index contributed by atoms with van der Waals surface area (Å²) in [4.78, 5) is 1.50. The lowest BCUT2D eigenvalue weighted by Crippen LogP contribution is -2.30. The monoisotopic (exact) mass is 333 g/mol. The van der Waals surface area contributed by atoms with Crippen molar-refractivity contribution in [2.45, 2.75) is 35.6 Å². The molecule has 0 aliphatic carbocycles. The molecule has 1 N–H and O–H groups in total. The Morgan fingerprint density at radius 2 is 1.86 bits per heavy atom. The summed E-state index contributed by atoms with van der Waals surface area (Å²) < 4.78 is 28.0. The average molecular weight is 333 g/mol. The van der Waals surface area contributed by atoms with Gasteiger partial charge in [0, 0.05) is 10.9 Å². The third kappa shape index (κ3) is 3.21. The summed E-state index contributed by atoms with van der Waals surface area (Å²) in [6, 6.07) is 15.0. The predicted molar refractivity (Wildman–Crippen MR) is 90.7 cm³/mol. The van der Waals surface area contributed by atoms with E-state index < -0.39 is 10.0 Å². The Hall–Kier alpha value is -1.30. The molecule has 0 saturated carbocycles. The smallest absolute Gasteiger partial charge is 0.207 e. The molecule has 3 rings (SSSR count). The number of fused-ring (bicyclic) bond motifs is 1. The molecule has 2 aromatic carbocycles. The van der Waals surface area contributed by atoms with Crippen molar-refractivity contribution in [1.29, 1.82) is 0 Å². The van der Waals surface area contributed by atoms with Crippen LogP contribution in [0.25, 0.3) is 0 Å². The zero-order valence-corrected chi connectivity index (χ0v) is 14.1. The molecule has 1 aliphatic heterocycles.